The largest absolute Gasteiger partial charge is 0.482 e. The Bertz CT molecular complexity index is 1220. The highest BCUT2D eigenvalue weighted by atomic mass is 35.5. The smallest absolute Gasteiger partial charge is 0.416 e. The van der Waals surface area contributed by atoms with Crippen LogP contribution in [0.2, 0.25) is 0 Å². The molecular formula is C21H20ClF3N6O4. The molecule has 1 atom stereocenters. The molecule has 14 heteroatoms. The predicted octanol–water partition coefficient (Wildman–Crippen LogP) is 4.69. The highest BCUT2D eigenvalue weighted by Crippen LogP contribution is 2.35. The molecule has 35 heavy (non-hydrogen) atoms. The lowest BCUT2D eigenvalue weighted by atomic mass is 10.1. The minimum Gasteiger partial charge on any atom is -0.482 e. The highest BCUT2D eigenvalue weighted by Gasteiger charge is 2.32. The Morgan fingerprint density at radius 3 is 2.63 bits per heavy atom. The van der Waals surface area contributed by atoms with E-state index in [0.29, 0.717) is 24.1 Å². The van der Waals surface area contributed by atoms with E-state index in [9.17, 15) is 23.3 Å². The number of hydrogen-bond donors (Lipinski definition) is 2. The van der Waals surface area contributed by atoms with Gasteiger partial charge in [-0.2, -0.15) is 18.2 Å². The van der Waals surface area contributed by atoms with Crippen LogP contribution in [0.3, 0.4) is 0 Å². The number of ether oxygens (including phenoxy) is 1. The molecular weight excluding hydrogens is 493 g/mol. The number of aromatic nitrogens is 2. The molecule has 1 aliphatic rings. The lowest BCUT2D eigenvalue weighted by Gasteiger charge is -2.21. The molecule has 4 rings (SSSR count). The molecule has 10 nitrogen and oxygen atoms in total. The second-order valence-electron chi connectivity index (χ2n) is 7.62. The molecule has 0 amide bonds. The summed E-state index contributed by atoms with van der Waals surface area (Å²) in [4.78, 5) is 16.9. The van der Waals surface area contributed by atoms with Gasteiger partial charge in [0.15, 0.2) is 11.7 Å². The number of alkyl halides is 3. The third-order valence-electron chi connectivity index (χ3n) is 5.38. The molecule has 0 bridgehead atoms. The number of nitrogens with zero attached hydrogens (tertiary/aromatic N) is 4. The first kappa shape index (κ1) is 25.7. The van der Waals surface area contributed by atoms with Crippen molar-refractivity contribution in [3.8, 4) is 17.1 Å². The topological polar surface area (TPSA) is 144 Å². The van der Waals surface area contributed by atoms with Crippen molar-refractivity contribution in [2.75, 3.05) is 6.54 Å². The monoisotopic (exact) mass is 512 g/mol. The van der Waals surface area contributed by atoms with Gasteiger partial charge < -0.3 is 19.9 Å². The van der Waals surface area contributed by atoms with E-state index in [1.807, 2.05) is 0 Å². The fraction of sp³-hybridized carbons (Fsp3) is 0.286. The van der Waals surface area contributed by atoms with Crippen LogP contribution in [0.15, 0.2) is 47.0 Å². The van der Waals surface area contributed by atoms with Gasteiger partial charge in [0.2, 0.25) is 11.7 Å². The van der Waals surface area contributed by atoms with Crippen molar-refractivity contribution in [3.63, 3.8) is 0 Å². The number of benzene rings is 2. The molecule has 2 aromatic carbocycles. The van der Waals surface area contributed by atoms with Crippen molar-refractivity contribution in [1.82, 2.24) is 15.0 Å². The molecule has 186 valence electrons. The number of rotatable bonds is 6. The van der Waals surface area contributed by atoms with Crippen LogP contribution in [-0.4, -0.2) is 32.5 Å². The minimum atomic E-state index is -4.45. The van der Waals surface area contributed by atoms with Crippen LogP contribution in [0.25, 0.3) is 11.4 Å². The summed E-state index contributed by atoms with van der Waals surface area (Å²) in [6, 6.07) is 8.11. The van der Waals surface area contributed by atoms with Crippen LogP contribution in [0, 0.1) is 15.5 Å². The first-order chi connectivity index (χ1) is 16.1. The number of halogens is 4. The van der Waals surface area contributed by atoms with Gasteiger partial charge in [-0.1, -0.05) is 17.3 Å². The molecule has 0 saturated carbocycles. The summed E-state index contributed by atoms with van der Waals surface area (Å²) in [6.07, 6.45) is -2.97. The number of hydrogen-bond acceptors (Lipinski definition) is 7. The number of nitro benzene ring substituents is 1. The summed E-state index contributed by atoms with van der Waals surface area (Å²) in [5, 5.41) is 23.1. The number of nitrogens with one attached hydrogen (secondary N) is 1. The van der Waals surface area contributed by atoms with Gasteiger partial charge >= 0.3 is 11.9 Å². The maximum Gasteiger partial charge on any atom is 0.416 e. The lowest BCUT2D eigenvalue weighted by Crippen LogP contribution is -2.35. The van der Waals surface area contributed by atoms with Crippen molar-refractivity contribution in [3.05, 3.63) is 69.6 Å². The van der Waals surface area contributed by atoms with Gasteiger partial charge in [0.1, 0.15) is 12.6 Å². The number of nitrogens with two attached hydrogens (primary N) is 1. The Kier molecular flexibility index (Phi) is 7.48. The maximum atomic E-state index is 12.7. The summed E-state index contributed by atoms with van der Waals surface area (Å²) in [5.41, 5.74) is 5.17. The van der Waals surface area contributed by atoms with Gasteiger partial charge in [-0.05, 0) is 42.7 Å². The summed E-state index contributed by atoms with van der Waals surface area (Å²) >= 11 is 0. The summed E-state index contributed by atoms with van der Waals surface area (Å²) in [6.45, 7) is 0.432. The molecule has 0 unspecified atom stereocenters. The van der Waals surface area contributed by atoms with E-state index < -0.39 is 16.7 Å². The SMILES string of the molecule is Cl.N=C(N)N1CCC[C@H]1c1nc(-c2ccc(OCc3ccc(C(F)(F)F)cc3)c([N+](=O)[O-])c2)no1. The van der Waals surface area contributed by atoms with Crippen molar-refractivity contribution >= 4 is 24.1 Å². The molecule has 1 saturated heterocycles. The van der Waals surface area contributed by atoms with E-state index in [1.54, 1.807) is 4.90 Å². The standard InChI is InChI=1S/C21H19F3N6O4.ClH/c22-21(23,24)14-6-3-12(4-7-14)11-33-17-8-5-13(10-16(17)30(31)32)18-27-19(34-28-18)15-2-1-9-29(15)20(25)26;/h3-8,10,15H,1-2,9,11H2,(H3,25,26);1H/t15-;/m0./s1. The molecule has 0 spiro atoms. The van der Waals surface area contributed by atoms with E-state index in [-0.39, 0.29) is 54.2 Å². The molecule has 1 aromatic heterocycles. The normalized spacial score (nSPS) is 15.5. The fourth-order valence-corrected chi connectivity index (χ4v) is 3.67. The Morgan fingerprint density at radius 1 is 1.29 bits per heavy atom. The van der Waals surface area contributed by atoms with Gasteiger partial charge in [0, 0.05) is 18.2 Å². The first-order valence-corrected chi connectivity index (χ1v) is 10.2. The van der Waals surface area contributed by atoms with Crippen LogP contribution in [0.5, 0.6) is 5.75 Å². The maximum absolute atomic E-state index is 12.7. The molecule has 1 fully saturated rings. The second-order valence-corrected chi connectivity index (χ2v) is 7.62. The predicted molar refractivity (Wildman–Crippen MR) is 120 cm³/mol. The molecule has 3 aromatic rings. The minimum absolute atomic E-state index is 0. The van der Waals surface area contributed by atoms with E-state index >= 15 is 0 Å². The van der Waals surface area contributed by atoms with Gasteiger partial charge in [-0.25, -0.2) is 0 Å². The van der Waals surface area contributed by atoms with Gasteiger partial charge in [-0.15, -0.1) is 12.4 Å². The highest BCUT2D eigenvalue weighted by molar-refractivity contribution is 5.85. The Hall–Kier alpha value is -3.87. The number of likely N-dealkylation sites (tertiary alicyclic amines) is 1. The molecule has 3 N–H and O–H groups in total. The van der Waals surface area contributed by atoms with Crippen molar-refractivity contribution in [2.45, 2.75) is 31.7 Å². The third-order valence-corrected chi connectivity index (χ3v) is 5.38. The van der Waals surface area contributed by atoms with Crippen molar-refractivity contribution in [1.29, 1.82) is 5.41 Å². The Morgan fingerprint density at radius 2 is 2.00 bits per heavy atom. The van der Waals surface area contributed by atoms with Gasteiger partial charge in [-0.3, -0.25) is 15.5 Å². The molecule has 1 aliphatic heterocycles. The van der Waals surface area contributed by atoms with E-state index in [4.69, 9.17) is 20.4 Å². The molecule has 0 aliphatic carbocycles. The van der Waals surface area contributed by atoms with E-state index in [2.05, 4.69) is 10.1 Å². The van der Waals surface area contributed by atoms with Crippen LogP contribution >= 0.6 is 12.4 Å². The van der Waals surface area contributed by atoms with Crippen LogP contribution in [-0.2, 0) is 12.8 Å². The van der Waals surface area contributed by atoms with E-state index in [0.717, 1.165) is 18.6 Å². The Labute approximate surface area is 202 Å². The number of nitro groups is 1. The summed E-state index contributed by atoms with van der Waals surface area (Å²) < 4.78 is 48.9. The average molecular weight is 513 g/mol. The van der Waals surface area contributed by atoms with Gasteiger partial charge in [0.05, 0.1) is 10.5 Å². The Balaban J connectivity index is 0.00000342. The van der Waals surface area contributed by atoms with Crippen molar-refractivity contribution < 1.29 is 27.4 Å². The van der Waals surface area contributed by atoms with Crippen LogP contribution in [0.1, 0.15) is 35.9 Å². The van der Waals surface area contributed by atoms with Gasteiger partial charge in [0.25, 0.3) is 0 Å². The summed E-state index contributed by atoms with van der Waals surface area (Å²) in [5.74, 6) is 0.221. The quantitative estimate of drug-likeness (QED) is 0.209. The number of guanidine groups is 1. The van der Waals surface area contributed by atoms with Crippen LogP contribution < -0.4 is 10.5 Å². The molecule has 2 heterocycles. The van der Waals surface area contributed by atoms with E-state index in [1.165, 1.54) is 30.3 Å². The zero-order valence-electron chi connectivity index (χ0n) is 18.0. The first-order valence-electron chi connectivity index (χ1n) is 10.2. The van der Waals surface area contributed by atoms with Crippen molar-refractivity contribution in [2.24, 2.45) is 5.73 Å². The third kappa shape index (κ3) is 5.62. The lowest BCUT2D eigenvalue weighted by molar-refractivity contribution is -0.385. The zero-order chi connectivity index (χ0) is 24.5. The summed E-state index contributed by atoms with van der Waals surface area (Å²) in [7, 11) is 0. The average Bonchev–Trinajstić information content (AvgIpc) is 3.47. The second kappa shape index (κ2) is 10.2. The zero-order valence-corrected chi connectivity index (χ0v) is 18.8. The fourth-order valence-electron chi connectivity index (χ4n) is 3.67. The molecule has 0 radical (unpaired) electrons. The van der Waals surface area contributed by atoms with Crippen LogP contribution in [0.4, 0.5) is 18.9 Å².